The summed E-state index contributed by atoms with van der Waals surface area (Å²) in [5, 5.41) is 23.5. The first-order valence-corrected chi connectivity index (χ1v) is 8.25. The summed E-state index contributed by atoms with van der Waals surface area (Å²) < 4.78 is 0. The molecule has 1 aliphatic heterocycles. The second-order valence-electron chi connectivity index (χ2n) is 6.59. The molecular formula is C17H25N3O4. The lowest BCUT2D eigenvalue weighted by molar-refractivity contribution is -0.385. The molecule has 0 aromatic heterocycles. The zero-order valence-electron chi connectivity index (χ0n) is 14.5. The molecule has 0 unspecified atom stereocenters. The molecule has 1 aromatic carbocycles. The maximum atomic E-state index is 12.5. The summed E-state index contributed by atoms with van der Waals surface area (Å²) >= 11 is 0. The van der Waals surface area contributed by atoms with Crippen molar-refractivity contribution in [1.29, 1.82) is 0 Å². The molecule has 0 saturated carbocycles. The number of benzene rings is 1. The molecule has 7 nitrogen and oxygen atoms in total. The molecule has 24 heavy (non-hydrogen) atoms. The number of aliphatic hydroxyl groups excluding tert-OH is 1. The molecule has 0 aliphatic carbocycles. The van der Waals surface area contributed by atoms with Crippen LogP contribution in [0, 0.1) is 29.4 Å². The second-order valence-corrected chi connectivity index (χ2v) is 6.59. The van der Waals surface area contributed by atoms with Crippen LogP contribution in [0.2, 0.25) is 0 Å². The van der Waals surface area contributed by atoms with Gasteiger partial charge in [-0.2, -0.15) is 0 Å². The molecule has 1 fully saturated rings. The zero-order valence-corrected chi connectivity index (χ0v) is 14.5. The number of rotatable bonds is 4. The van der Waals surface area contributed by atoms with Crippen LogP contribution in [0.4, 0.5) is 16.2 Å². The van der Waals surface area contributed by atoms with Crippen molar-refractivity contribution in [1.82, 2.24) is 4.90 Å². The number of anilines is 1. The minimum Gasteiger partial charge on any atom is -0.396 e. The first-order valence-electron chi connectivity index (χ1n) is 8.25. The molecule has 7 heteroatoms. The number of aryl methyl sites for hydroxylation is 1. The van der Waals surface area contributed by atoms with E-state index in [9.17, 15) is 20.0 Å². The van der Waals surface area contributed by atoms with Gasteiger partial charge in [-0.1, -0.05) is 13.0 Å². The summed E-state index contributed by atoms with van der Waals surface area (Å²) in [6, 6.07) is 2.85. The lowest BCUT2D eigenvalue weighted by Gasteiger charge is -2.40. The minimum atomic E-state index is -0.442. The lowest BCUT2D eigenvalue weighted by Crippen LogP contribution is -2.46. The number of aliphatic hydroxyl groups is 1. The fourth-order valence-corrected chi connectivity index (χ4v) is 3.22. The van der Waals surface area contributed by atoms with Gasteiger partial charge in [-0.3, -0.25) is 10.1 Å². The molecule has 2 rings (SSSR count). The Morgan fingerprint density at radius 1 is 1.38 bits per heavy atom. The molecule has 1 aromatic rings. The van der Waals surface area contributed by atoms with E-state index >= 15 is 0 Å². The smallest absolute Gasteiger partial charge is 0.321 e. The number of nitro benzene ring substituents is 1. The molecule has 2 amide bonds. The van der Waals surface area contributed by atoms with Gasteiger partial charge in [0.05, 0.1) is 16.2 Å². The molecule has 0 atom stereocenters. The summed E-state index contributed by atoms with van der Waals surface area (Å²) in [6.07, 6.45) is 2.42. The number of carbonyl (C=O) groups excluding carboxylic acids is 1. The normalized spacial score (nSPS) is 16.8. The summed E-state index contributed by atoms with van der Waals surface area (Å²) in [6.45, 7) is 6.81. The van der Waals surface area contributed by atoms with Gasteiger partial charge in [-0.25, -0.2) is 4.79 Å². The molecule has 1 aliphatic rings. The highest BCUT2D eigenvalue weighted by atomic mass is 16.6. The first kappa shape index (κ1) is 18.2. The quantitative estimate of drug-likeness (QED) is 0.652. The Morgan fingerprint density at radius 2 is 2.00 bits per heavy atom. The number of likely N-dealkylation sites (tertiary alicyclic amines) is 1. The average molecular weight is 335 g/mol. The van der Waals surface area contributed by atoms with Crippen LogP contribution in [-0.2, 0) is 0 Å². The highest BCUT2D eigenvalue weighted by Crippen LogP contribution is 2.35. The van der Waals surface area contributed by atoms with E-state index in [1.165, 1.54) is 6.07 Å². The van der Waals surface area contributed by atoms with E-state index in [2.05, 4.69) is 12.2 Å². The fourth-order valence-electron chi connectivity index (χ4n) is 3.22. The van der Waals surface area contributed by atoms with Gasteiger partial charge >= 0.3 is 6.03 Å². The Morgan fingerprint density at radius 3 is 2.50 bits per heavy atom. The van der Waals surface area contributed by atoms with Crippen LogP contribution in [0.5, 0.6) is 0 Å². The Labute approximate surface area is 141 Å². The molecule has 1 saturated heterocycles. The minimum absolute atomic E-state index is 0.000162. The number of piperidine rings is 1. The van der Waals surface area contributed by atoms with Crippen molar-refractivity contribution in [2.45, 2.75) is 40.0 Å². The van der Waals surface area contributed by atoms with Crippen molar-refractivity contribution in [3.63, 3.8) is 0 Å². The van der Waals surface area contributed by atoms with Gasteiger partial charge in [0.1, 0.15) is 0 Å². The van der Waals surface area contributed by atoms with Crippen LogP contribution in [0.15, 0.2) is 12.1 Å². The molecule has 132 valence electrons. The topological polar surface area (TPSA) is 95.7 Å². The molecular weight excluding hydrogens is 310 g/mol. The van der Waals surface area contributed by atoms with Gasteiger partial charge < -0.3 is 15.3 Å². The fraction of sp³-hybridized carbons (Fsp3) is 0.588. The standard InChI is InChI=1S/C17H25N3O4/c1-4-17(11-21)7-9-19(10-8-17)16(22)18-15-12(2)5-6-14(13(15)3)20(23)24/h5-6,21H,4,7-11H2,1-3H3,(H,18,22). The Kier molecular flexibility index (Phi) is 5.43. The molecule has 0 spiro atoms. The third-order valence-corrected chi connectivity index (χ3v) is 5.27. The second kappa shape index (κ2) is 7.17. The van der Waals surface area contributed by atoms with Gasteiger partial charge in [-0.05, 0) is 44.1 Å². The van der Waals surface area contributed by atoms with Crippen LogP contribution in [0.1, 0.15) is 37.3 Å². The van der Waals surface area contributed by atoms with Crippen LogP contribution >= 0.6 is 0 Å². The van der Waals surface area contributed by atoms with Crippen LogP contribution in [0.3, 0.4) is 0 Å². The number of nitrogens with zero attached hydrogens (tertiary/aromatic N) is 2. The van der Waals surface area contributed by atoms with Crippen LogP contribution < -0.4 is 5.32 Å². The summed E-state index contributed by atoms with van der Waals surface area (Å²) in [5.41, 5.74) is 1.67. The number of carbonyl (C=O) groups is 1. The van der Waals surface area contributed by atoms with E-state index in [0.29, 0.717) is 24.3 Å². The van der Waals surface area contributed by atoms with E-state index < -0.39 is 4.92 Å². The van der Waals surface area contributed by atoms with Crippen molar-refractivity contribution in [2.24, 2.45) is 5.41 Å². The molecule has 0 radical (unpaired) electrons. The highest BCUT2D eigenvalue weighted by molar-refractivity contribution is 5.92. The molecule has 0 bridgehead atoms. The number of urea groups is 1. The molecule has 1 heterocycles. The summed E-state index contributed by atoms with van der Waals surface area (Å²) in [4.78, 5) is 24.9. The first-order chi connectivity index (χ1) is 11.3. The predicted molar refractivity (Wildman–Crippen MR) is 92.2 cm³/mol. The van der Waals surface area contributed by atoms with Crippen molar-refractivity contribution in [3.8, 4) is 0 Å². The van der Waals surface area contributed by atoms with Crippen LogP contribution in [0.25, 0.3) is 0 Å². The van der Waals surface area contributed by atoms with Crippen LogP contribution in [-0.4, -0.2) is 40.7 Å². The van der Waals surface area contributed by atoms with Crippen molar-refractivity contribution >= 4 is 17.4 Å². The van der Waals surface area contributed by atoms with E-state index in [4.69, 9.17) is 0 Å². The molecule has 2 N–H and O–H groups in total. The average Bonchev–Trinajstić information content (AvgIpc) is 2.58. The number of hydrogen-bond acceptors (Lipinski definition) is 4. The third-order valence-electron chi connectivity index (χ3n) is 5.27. The number of hydrogen-bond donors (Lipinski definition) is 2. The largest absolute Gasteiger partial charge is 0.396 e. The lowest BCUT2D eigenvalue weighted by atomic mass is 9.77. The maximum Gasteiger partial charge on any atom is 0.321 e. The van der Waals surface area contributed by atoms with E-state index in [1.807, 2.05) is 6.92 Å². The van der Waals surface area contributed by atoms with E-state index in [0.717, 1.165) is 24.8 Å². The highest BCUT2D eigenvalue weighted by Gasteiger charge is 2.34. The van der Waals surface area contributed by atoms with E-state index in [-0.39, 0.29) is 23.7 Å². The Balaban J connectivity index is 2.11. The predicted octanol–water partition coefficient (Wildman–Crippen LogP) is 3.23. The van der Waals surface area contributed by atoms with E-state index in [1.54, 1.807) is 17.9 Å². The summed E-state index contributed by atoms with van der Waals surface area (Å²) in [7, 11) is 0. The SMILES string of the molecule is CCC1(CO)CCN(C(=O)Nc2c(C)ccc([N+](=O)[O-])c2C)CC1. The third kappa shape index (κ3) is 3.51. The van der Waals surface area contributed by atoms with Gasteiger partial charge in [-0.15, -0.1) is 0 Å². The number of amides is 2. The Bertz CT molecular complexity index is 631. The van der Waals surface area contributed by atoms with Gasteiger partial charge in [0.15, 0.2) is 0 Å². The number of nitro groups is 1. The maximum absolute atomic E-state index is 12.5. The monoisotopic (exact) mass is 335 g/mol. The van der Waals surface area contributed by atoms with Crippen molar-refractivity contribution in [2.75, 3.05) is 25.0 Å². The summed E-state index contributed by atoms with van der Waals surface area (Å²) in [5.74, 6) is 0. The van der Waals surface area contributed by atoms with Crippen molar-refractivity contribution in [3.05, 3.63) is 33.4 Å². The Hall–Kier alpha value is -2.15. The zero-order chi connectivity index (χ0) is 17.9. The number of nitrogens with one attached hydrogen (secondary N) is 1. The van der Waals surface area contributed by atoms with Gasteiger partial charge in [0, 0.05) is 25.8 Å². The van der Waals surface area contributed by atoms with Crippen molar-refractivity contribution < 1.29 is 14.8 Å². The van der Waals surface area contributed by atoms with Gasteiger partial charge in [0.25, 0.3) is 5.69 Å². The van der Waals surface area contributed by atoms with Gasteiger partial charge in [0.2, 0.25) is 0 Å².